The van der Waals surface area contributed by atoms with E-state index in [4.69, 9.17) is 9.47 Å². The minimum Gasteiger partial charge on any atom is -0.497 e. The normalized spacial score (nSPS) is 13.6. The van der Waals surface area contributed by atoms with Gasteiger partial charge in [-0.25, -0.2) is 0 Å². The summed E-state index contributed by atoms with van der Waals surface area (Å²) in [5, 5.41) is 0. The van der Waals surface area contributed by atoms with E-state index in [1.807, 2.05) is 0 Å². The van der Waals surface area contributed by atoms with E-state index < -0.39 is 0 Å². The van der Waals surface area contributed by atoms with E-state index in [0.29, 0.717) is 22.6 Å². The minimum atomic E-state index is -0.228. The van der Waals surface area contributed by atoms with Crippen molar-refractivity contribution >= 4 is 11.6 Å². The van der Waals surface area contributed by atoms with Gasteiger partial charge >= 0.3 is 0 Å². The van der Waals surface area contributed by atoms with E-state index in [0.717, 1.165) is 0 Å². The van der Waals surface area contributed by atoms with Crippen molar-refractivity contribution in [3.63, 3.8) is 0 Å². The van der Waals surface area contributed by atoms with E-state index in [2.05, 4.69) is 0 Å². The zero-order valence-electron chi connectivity index (χ0n) is 8.94. The van der Waals surface area contributed by atoms with Crippen LogP contribution in [0.25, 0.3) is 0 Å². The smallest absolute Gasteiger partial charge is 0.190 e. The number of hydrogen-bond acceptors (Lipinski definition) is 4. The first-order valence-electron chi connectivity index (χ1n) is 4.70. The average molecular weight is 218 g/mol. The van der Waals surface area contributed by atoms with Crippen molar-refractivity contribution in [2.24, 2.45) is 0 Å². The van der Waals surface area contributed by atoms with E-state index in [-0.39, 0.29) is 11.6 Å². The molecule has 4 nitrogen and oxygen atoms in total. The van der Waals surface area contributed by atoms with Crippen molar-refractivity contribution in [2.75, 3.05) is 14.2 Å². The van der Waals surface area contributed by atoms with Crippen LogP contribution in [-0.4, -0.2) is 25.8 Å². The maximum Gasteiger partial charge on any atom is 0.190 e. The molecule has 0 aliphatic heterocycles. The molecule has 1 aliphatic carbocycles. The zero-order valence-corrected chi connectivity index (χ0v) is 8.94. The Morgan fingerprint density at radius 1 is 0.938 bits per heavy atom. The Bertz CT molecular complexity index is 500. The van der Waals surface area contributed by atoms with Crippen molar-refractivity contribution in [2.45, 2.75) is 0 Å². The highest BCUT2D eigenvalue weighted by Gasteiger charge is 2.24. The molecule has 16 heavy (non-hydrogen) atoms. The summed E-state index contributed by atoms with van der Waals surface area (Å²) < 4.78 is 10.1. The van der Waals surface area contributed by atoms with Crippen molar-refractivity contribution in [1.29, 1.82) is 0 Å². The first kappa shape index (κ1) is 10.4. The number of rotatable bonds is 2. The lowest BCUT2D eigenvalue weighted by atomic mass is 9.93. The van der Waals surface area contributed by atoms with Crippen molar-refractivity contribution in [3.05, 3.63) is 35.4 Å². The SMILES string of the molecule is COc1cc(OC)c2c(c1)C(=O)C=CC2=O. The predicted octanol–water partition coefficient (Wildman–Crippen LogP) is 1.64. The monoisotopic (exact) mass is 218 g/mol. The van der Waals surface area contributed by atoms with E-state index in [1.165, 1.54) is 26.4 Å². The second-order valence-corrected chi connectivity index (χ2v) is 3.31. The first-order chi connectivity index (χ1) is 7.67. The van der Waals surface area contributed by atoms with Gasteiger partial charge in [-0.2, -0.15) is 0 Å². The quantitative estimate of drug-likeness (QED) is 0.757. The highest BCUT2D eigenvalue weighted by atomic mass is 16.5. The van der Waals surface area contributed by atoms with Gasteiger partial charge in [0.25, 0.3) is 0 Å². The summed E-state index contributed by atoms with van der Waals surface area (Å²) in [5.41, 5.74) is 0.625. The highest BCUT2D eigenvalue weighted by Crippen LogP contribution is 2.31. The molecule has 0 unspecified atom stereocenters. The molecule has 0 heterocycles. The molecule has 0 atom stereocenters. The zero-order chi connectivity index (χ0) is 11.7. The lowest BCUT2D eigenvalue weighted by molar-refractivity contribution is 0.0991. The molecule has 4 heteroatoms. The van der Waals surface area contributed by atoms with Gasteiger partial charge in [-0.1, -0.05) is 0 Å². The van der Waals surface area contributed by atoms with Crippen molar-refractivity contribution in [1.82, 2.24) is 0 Å². The second-order valence-electron chi connectivity index (χ2n) is 3.31. The molecule has 0 saturated heterocycles. The number of ether oxygens (including phenoxy) is 2. The van der Waals surface area contributed by atoms with Crippen LogP contribution >= 0.6 is 0 Å². The first-order valence-corrected chi connectivity index (χ1v) is 4.70. The Labute approximate surface area is 92.5 Å². The van der Waals surface area contributed by atoms with E-state index in [1.54, 1.807) is 12.1 Å². The number of allylic oxidation sites excluding steroid dienone is 2. The van der Waals surface area contributed by atoms with Crippen LogP contribution in [0.5, 0.6) is 11.5 Å². The maximum absolute atomic E-state index is 11.7. The highest BCUT2D eigenvalue weighted by molar-refractivity contribution is 6.23. The second kappa shape index (κ2) is 3.81. The van der Waals surface area contributed by atoms with Crippen LogP contribution < -0.4 is 9.47 Å². The summed E-state index contributed by atoms with van der Waals surface area (Å²) in [6.45, 7) is 0. The third kappa shape index (κ3) is 1.48. The van der Waals surface area contributed by atoms with Crippen LogP contribution in [0.3, 0.4) is 0 Å². The standard InChI is InChI=1S/C12H10O4/c1-15-7-5-8-9(13)3-4-10(14)12(8)11(6-7)16-2/h3-6H,1-2H3. The number of ketones is 2. The summed E-state index contributed by atoms with van der Waals surface area (Å²) in [7, 11) is 2.94. The largest absolute Gasteiger partial charge is 0.497 e. The fourth-order valence-corrected chi connectivity index (χ4v) is 1.64. The van der Waals surface area contributed by atoms with Gasteiger partial charge in [-0.15, -0.1) is 0 Å². The van der Waals surface area contributed by atoms with Gasteiger partial charge in [0.2, 0.25) is 0 Å². The summed E-state index contributed by atoms with van der Waals surface area (Å²) in [5.74, 6) is 0.407. The summed E-state index contributed by atoms with van der Waals surface area (Å²) in [4.78, 5) is 23.3. The third-order valence-corrected chi connectivity index (χ3v) is 2.43. The molecule has 0 fully saturated rings. The Balaban J connectivity index is 2.71. The van der Waals surface area contributed by atoms with Crippen molar-refractivity contribution in [3.8, 4) is 11.5 Å². The van der Waals surface area contributed by atoms with Gasteiger partial charge in [0.15, 0.2) is 11.6 Å². The number of fused-ring (bicyclic) bond motifs is 1. The summed E-state index contributed by atoms with van der Waals surface area (Å²) in [6, 6.07) is 3.13. The van der Waals surface area contributed by atoms with Gasteiger partial charge in [-0.3, -0.25) is 9.59 Å². The average Bonchev–Trinajstić information content (AvgIpc) is 2.32. The Morgan fingerprint density at radius 3 is 2.25 bits per heavy atom. The molecule has 0 amide bonds. The molecule has 0 radical (unpaired) electrons. The number of carbonyl (C=O) groups is 2. The van der Waals surface area contributed by atoms with E-state index >= 15 is 0 Å². The van der Waals surface area contributed by atoms with Crippen LogP contribution in [0.2, 0.25) is 0 Å². The van der Waals surface area contributed by atoms with Crippen molar-refractivity contribution < 1.29 is 19.1 Å². The lowest BCUT2D eigenvalue weighted by Gasteiger charge is -2.14. The van der Waals surface area contributed by atoms with Crippen LogP contribution in [0, 0.1) is 0 Å². The van der Waals surface area contributed by atoms with Crippen LogP contribution in [0.15, 0.2) is 24.3 Å². The van der Waals surface area contributed by atoms with Gasteiger partial charge in [0, 0.05) is 11.6 Å². The number of methoxy groups -OCH3 is 2. The Hall–Kier alpha value is -2.10. The maximum atomic E-state index is 11.7. The summed E-state index contributed by atoms with van der Waals surface area (Å²) >= 11 is 0. The van der Waals surface area contributed by atoms with Gasteiger partial charge < -0.3 is 9.47 Å². The molecule has 82 valence electrons. The number of hydrogen-bond donors (Lipinski definition) is 0. The molecule has 1 aliphatic rings. The predicted molar refractivity (Wildman–Crippen MR) is 57.3 cm³/mol. The topological polar surface area (TPSA) is 52.6 Å². The molecule has 2 rings (SSSR count). The molecule has 0 spiro atoms. The molecule has 1 aromatic carbocycles. The molecule has 0 N–H and O–H groups in total. The van der Waals surface area contributed by atoms with E-state index in [9.17, 15) is 9.59 Å². The molecular formula is C12H10O4. The summed E-state index contributed by atoms with van der Waals surface area (Å²) in [6.07, 6.45) is 2.50. The number of benzene rings is 1. The Morgan fingerprint density at radius 2 is 1.62 bits per heavy atom. The fraction of sp³-hybridized carbons (Fsp3) is 0.167. The number of carbonyl (C=O) groups excluding carboxylic acids is 2. The lowest BCUT2D eigenvalue weighted by Crippen LogP contribution is -2.13. The molecule has 0 saturated carbocycles. The van der Waals surface area contributed by atoms with Gasteiger partial charge in [0.1, 0.15) is 11.5 Å². The fourth-order valence-electron chi connectivity index (χ4n) is 1.64. The third-order valence-electron chi connectivity index (χ3n) is 2.43. The molecular weight excluding hydrogens is 208 g/mol. The molecule has 0 bridgehead atoms. The minimum absolute atomic E-state index is 0.216. The Kier molecular flexibility index (Phi) is 2.48. The van der Waals surface area contributed by atoms with Crippen LogP contribution in [-0.2, 0) is 0 Å². The van der Waals surface area contributed by atoms with Gasteiger partial charge in [-0.05, 0) is 18.2 Å². The molecule has 0 aromatic heterocycles. The van der Waals surface area contributed by atoms with Gasteiger partial charge in [0.05, 0.1) is 19.8 Å². The van der Waals surface area contributed by atoms with Crippen LogP contribution in [0.1, 0.15) is 20.7 Å². The van der Waals surface area contributed by atoms with Crippen LogP contribution in [0.4, 0.5) is 0 Å². The molecule has 1 aromatic rings.